The number of nitrogens with one attached hydrogen (secondary N) is 2. The van der Waals surface area contributed by atoms with Crippen LogP contribution in [0.2, 0.25) is 0 Å². The van der Waals surface area contributed by atoms with Gasteiger partial charge < -0.3 is 30.2 Å². The molecule has 11 heteroatoms. The van der Waals surface area contributed by atoms with Crippen molar-refractivity contribution in [3.63, 3.8) is 0 Å². The maximum atomic E-state index is 13.0. The number of fused-ring (bicyclic) bond motifs is 1. The Morgan fingerprint density at radius 2 is 2.03 bits per heavy atom. The zero-order valence-corrected chi connectivity index (χ0v) is 19.3. The van der Waals surface area contributed by atoms with Crippen molar-refractivity contribution in [2.45, 2.75) is 56.7 Å². The number of carbonyl (C=O) groups excluding carboxylic acids is 2. The topological polar surface area (TPSA) is 137 Å². The van der Waals surface area contributed by atoms with Crippen molar-refractivity contribution in [2.75, 3.05) is 26.2 Å². The van der Waals surface area contributed by atoms with Gasteiger partial charge in [0.1, 0.15) is 5.70 Å². The number of piperazine rings is 1. The fraction of sp³-hybridized carbons (Fsp3) is 0.714. The molecule has 0 aromatic rings. The van der Waals surface area contributed by atoms with E-state index in [2.05, 4.69) is 5.32 Å². The van der Waals surface area contributed by atoms with E-state index < -0.39 is 18.0 Å². The second-order valence-corrected chi connectivity index (χ2v) is 10.6. The molecule has 3 saturated heterocycles. The van der Waals surface area contributed by atoms with E-state index in [1.54, 1.807) is 6.92 Å². The number of thioether (sulfide) groups is 1. The molecule has 7 atom stereocenters. The number of carboxylic acid groups (broad SMARTS) is 1. The number of hydrogen-bond acceptors (Lipinski definition) is 7. The third-order valence-electron chi connectivity index (χ3n) is 7.15. The predicted molar refractivity (Wildman–Crippen MR) is 119 cm³/mol. The van der Waals surface area contributed by atoms with Gasteiger partial charge in [0, 0.05) is 48.3 Å². The minimum atomic E-state index is -1.13. The summed E-state index contributed by atoms with van der Waals surface area (Å²) in [7, 11) is 0. The van der Waals surface area contributed by atoms with Crippen LogP contribution in [0, 0.1) is 17.2 Å². The van der Waals surface area contributed by atoms with Crippen LogP contribution in [0.3, 0.4) is 0 Å². The predicted octanol–water partition coefficient (Wildman–Crippen LogP) is -0.256. The van der Waals surface area contributed by atoms with Crippen LogP contribution in [0.25, 0.3) is 0 Å². The minimum absolute atomic E-state index is 0.0230. The molecule has 0 radical (unpaired) electrons. The lowest BCUT2D eigenvalue weighted by Crippen LogP contribution is -2.63. The fourth-order valence-corrected chi connectivity index (χ4v) is 6.90. The number of aliphatic hydroxyl groups excluding tert-OH is 1. The first-order valence-corrected chi connectivity index (χ1v) is 12.0. The van der Waals surface area contributed by atoms with E-state index in [0.717, 1.165) is 0 Å². The van der Waals surface area contributed by atoms with Crippen molar-refractivity contribution in [1.29, 1.82) is 5.41 Å². The fourth-order valence-electron chi connectivity index (χ4n) is 5.42. The highest BCUT2D eigenvalue weighted by atomic mass is 32.2. The minimum Gasteiger partial charge on any atom is -0.477 e. The normalized spacial score (nSPS) is 35.6. The van der Waals surface area contributed by atoms with Crippen LogP contribution >= 0.6 is 11.8 Å². The van der Waals surface area contributed by atoms with Gasteiger partial charge in [-0.25, -0.2) is 4.79 Å². The van der Waals surface area contributed by atoms with Gasteiger partial charge in [0.25, 0.3) is 0 Å². The highest BCUT2D eigenvalue weighted by Gasteiger charge is 2.60. The van der Waals surface area contributed by atoms with Crippen molar-refractivity contribution in [3.8, 4) is 0 Å². The zero-order chi connectivity index (χ0) is 23.3. The van der Waals surface area contributed by atoms with Crippen LogP contribution in [0.4, 0.5) is 0 Å². The van der Waals surface area contributed by atoms with Crippen LogP contribution < -0.4 is 5.32 Å². The van der Waals surface area contributed by atoms with Crippen LogP contribution in [0.5, 0.6) is 0 Å². The average molecular weight is 466 g/mol. The van der Waals surface area contributed by atoms with Crippen molar-refractivity contribution in [1.82, 2.24) is 20.0 Å². The molecular formula is C21H31N5O5S. The Balaban J connectivity index is 1.42. The zero-order valence-electron chi connectivity index (χ0n) is 18.5. The van der Waals surface area contributed by atoms with E-state index in [0.29, 0.717) is 37.5 Å². The van der Waals surface area contributed by atoms with E-state index in [9.17, 15) is 24.6 Å². The smallest absolute Gasteiger partial charge is 0.353 e. The summed E-state index contributed by atoms with van der Waals surface area (Å²) < 4.78 is 0. The van der Waals surface area contributed by atoms with Crippen molar-refractivity contribution in [3.05, 3.63) is 10.6 Å². The quantitative estimate of drug-likeness (QED) is 0.239. The van der Waals surface area contributed by atoms with Crippen LogP contribution in [0.15, 0.2) is 10.6 Å². The first-order chi connectivity index (χ1) is 15.1. The van der Waals surface area contributed by atoms with Crippen LogP contribution in [-0.2, 0) is 14.4 Å². The first-order valence-electron chi connectivity index (χ1n) is 11.1. The lowest BCUT2D eigenvalue weighted by molar-refractivity contribution is -0.163. The molecule has 6 unspecified atom stereocenters. The Morgan fingerprint density at radius 3 is 2.62 bits per heavy atom. The summed E-state index contributed by atoms with van der Waals surface area (Å²) >= 11 is 1.45. The Labute approximate surface area is 191 Å². The molecule has 3 fully saturated rings. The third kappa shape index (κ3) is 3.69. The van der Waals surface area contributed by atoms with Gasteiger partial charge in [-0.3, -0.25) is 15.0 Å². The van der Waals surface area contributed by atoms with E-state index in [-0.39, 0.29) is 46.8 Å². The molecule has 0 bridgehead atoms. The second kappa shape index (κ2) is 8.68. The van der Waals surface area contributed by atoms with E-state index in [1.165, 1.54) is 23.0 Å². The van der Waals surface area contributed by atoms with Gasteiger partial charge >= 0.3 is 5.97 Å². The number of amides is 2. The van der Waals surface area contributed by atoms with Gasteiger partial charge in [-0.2, -0.15) is 0 Å². The number of aliphatic carboxylic acids is 1. The average Bonchev–Trinajstić information content (AvgIpc) is 3.29. The van der Waals surface area contributed by atoms with Gasteiger partial charge in [0.2, 0.25) is 11.8 Å². The summed E-state index contributed by atoms with van der Waals surface area (Å²) in [4.78, 5) is 43.3. The molecule has 0 aromatic carbocycles. The summed E-state index contributed by atoms with van der Waals surface area (Å²) in [6.45, 7) is 7.86. The summed E-state index contributed by atoms with van der Waals surface area (Å²) in [5.41, 5.74) is 0.0285. The molecule has 10 nitrogen and oxygen atoms in total. The number of β-lactam (4-membered cyclic amide) rings is 1. The molecular weight excluding hydrogens is 434 g/mol. The Kier molecular flexibility index (Phi) is 6.25. The molecule has 4 rings (SSSR count). The van der Waals surface area contributed by atoms with Gasteiger partial charge in [0.15, 0.2) is 0 Å². The molecule has 4 aliphatic rings. The Bertz CT molecular complexity index is 864. The van der Waals surface area contributed by atoms with Crippen molar-refractivity contribution >= 4 is 35.9 Å². The van der Waals surface area contributed by atoms with Crippen LogP contribution in [0.1, 0.15) is 27.2 Å². The van der Waals surface area contributed by atoms with Gasteiger partial charge in [0.05, 0.1) is 30.4 Å². The first kappa shape index (κ1) is 23.1. The number of carbonyl (C=O) groups is 3. The molecule has 0 aromatic heterocycles. The summed E-state index contributed by atoms with van der Waals surface area (Å²) in [6, 6.07) is -0.543. The molecule has 4 aliphatic heterocycles. The van der Waals surface area contributed by atoms with E-state index in [4.69, 9.17) is 5.41 Å². The molecule has 0 aliphatic carbocycles. The summed E-state index contributed by atoms with van der Waals surface area (Å²) in [5.74, 6) is -2.16. The van der Waals surface area contributed by atoms with Gasteiger partial charge in [-0.1, -0.05) is 6.92 Å². The van der Waals surface area contributed by atoms with Gasteiger partial charge in [-0.05, 0) is 20.3 Å². The SMILES string of the molecule is CC(O)C1C(=O)N2C(C(=O)O)=C(SC3CNC(C(=O)N4CCN(C=N)C(C)C4)C3)C(C)[C@@H]12. The molecule has 32 heavy (non-hydrogen) atoms. The maximum absolute atomic E-state index is 13.0. The number of rotatable bonds is 6. The Hall–Kier alpha value is -2.11. The standard InChI is InChI=1S/C21H31N5O5S/c1-10-8-24(4-5-25(10)9-22)19(28)14-6-13(7-23-14)32-18-11(2)16-15(12(3)27)20(29)26(16)17(18)21(30)31/h9-16,22-23,27H,4-8H2,1-3H3,(H,30,31)/t10?,11?,12?,13?,14?,15?,16-/m0/s1. The molecule has 2 amide bonds. The monoisotopic (exact) mass is 465 g/mol. The second-order valence-electron chi connectivity index (χ2n) is 9.21. The summed E-state index contributed by atoms with van der Waals surface area (Å²) in [5, 5.41) is 30.5. The molecule has 4 heterocycles. The Morgan fingerprint density at radius 1 is 1.31 bits per heavy atom. The molecule has 0 saturated carbocycles. The largest absolute Gasteiger partial charge is 0.477 e. The van der Waals surface area contributed by atoms with Gasteiger partial charge in [-0.15, -0.1) is 11.8 Å². The number of carboxylic acids is 1. The number of nitrogens with zero attached hydrogens (tertiary/aromatic N) is 3. The third-order valence-corrected chi connectivity index (χ3v) is 8.66. The maximum Gasteiger partial charge on any atom is 0.353 e. The number of aliphatic hydroxyl groups is 1. The molecule has 0 spiro atoms. The summed E-state index contributed by atoms with van der Waals surface area (Å²) in [6.07, 6.45) is 1.08. The van der Waals surface area contributed by atoms with Crippen LogP contribution in [-0.4, -0.2) is 105 Å². The molecule has 176 valence electrons. The highest BCUT2D eigenvalue weighted by molar-refractivity contribution is 8.03. The van der Waals surface area contributed by atoms with Crippen molar-refractivity contribution < 1.29 is 24.6 Å². The van der Waals surface area contributed by atoms with E-state index in [1.807, 2.05) is 23.6 Å². The number of hydrogen-bond donors (Lipinski definition) is 4. The van der Waals surface area contributed by atoms with E-state index >= 15 is 0 Å². The lowest BCUT2D eigenvalue weighted by Gasteiger charge is -2.46. The molecule has 4 N–H and O–H groups in total. The lowest BCUT2D eigenvalue weighted by atomic mass is 9.79. The van der Waals surface area contributed by atoms with Crippen molar-refractivity contribution in [2.24, 2.45) is 11.8 Å². The highest BCUT2D eigenvalue weighted by Crippen LogP contribution is 2.51.